The zero-order chi connectivity index (χ0) is 25.3. The summed E-state index contributed by atoms with van der Waals surface area (Å²) in [4.78, 5) is 27.0. The summed E-state index contributed by atoms with van der Waals surface area (Å²) in [5.74, 6) is 0.368. The topological polar surface area (TPSA) is 128 Å². The maximum Gasteiger partial charge on any atom is 0.276 e. The fourth-order valence-corrected chi connectivity index (χ4v) is 3.98. The van der Waals surface area contributed by atoms with Crippen LogP contribution in [0.3, 0.4) is 0 Å². The first-order valence-corrected chi connectivity index (χ1v) is 11.8. The molecule has 0 bridgehead atoms. The fraction of sp³-hybridized carbons (Fsp3) is 0.0800. The number of amides is 1. The monoisotopic (exact) mass is 499 g/mol. The van der Waals surface area contributed by atoms with Gasteiger partial charge in [-0.3, -0.25) is 24.5 Å². The zero-order valence-electron chi connectivity index (χ0n) is 19.2. The average Bonchev–Trinajstić information content (AvgIpc) is 3.32. The number of thioether (sulfide) groups is 1. The van der Waals surface area contributed by atoms with Crippen molar-refractivity contribution >= 4 is 35.6 Å². The highest BCUT2D eigenvalue weighted by Gasteiger charge is 2.17. The number of aryl methyl sites for hydroxylation is 1. The van der Waals surface area contributed by atoms with Gasteiger partial charge in [0.2, 0.25) is 0 Å². The molecular formula is C25H21N7O3S. The van der Waals surface area contributed by atoms with Crippen molar-refractivity contribution in [3.8, 4) is 17.1 Å². The number of rotatable bonds is 9. The van der Waals surface area contributed by atoms with Crippen LogP contribution in [0.15, 0.2) is 89.4 Å². The van der Waals surface area contributed by atoms with Gasteiger partial charge in [0.05, 0.1) is 16.2 Å². The minimum atomic E-state index is -0.453. The van der Waals surface area contributed by atoms with Gasteiger partial charge >= 0.3 is 0 Å². The molecule has 0 spiro atoms. The molecule has 4 rings (SSSR count). The molecule has 2 aromatic carbocycles. The van der Waals surface area contributed by atoms with Crippen molar-refractivity contribution in [2.45, 2.75) is 12.1 Å². The number of para-hydroxylation sites is 1. The van der Waals surface area contributed by atoms with Crippen LogP contribution in [-0.2, 0) is 4.79 Å². The van der Waals surface area contributed by atoms with Crippen LogP contribution in [0.5, 0.6) is 0 Å². The maximum atomic E-state index is 12.3. The predicted octanol–water partition coefficient (Wildman–Crippen LogP) is 4.45. The Morgan fingerprint density at radius 2 is 1.86 bits per heavy atom. The van der Waals surface area contributed by atoms with Crippen molar-refractivity contribution in [1.82, 2.24) is 25.2 Å². The highest BCUT2D eigenvalue weighted by Crippen LogP contribution is 2.27. The molecule has 0 saturated carbocycles. The molecule has 1 amide bonds. The number of hydrogen-bond acceptors (Lipinski definition) is 8. The maximum absolute atomic E-state index is 12.3. The van der Waals surface area contributed by atoms with Crippen molar-refractivity contribution < 1.29 is 9.72 Å². The number of nitro groups is 1. The van der Waals surface area contributed by atoms with Gasteiger partial charge in [-0.1, -0.05) is 41.6 Å². The van der Waals surface area contributed by atoms with E-state index < -0.39 is 4.92 Å². The molecule has 4 aromatic rings. The molecule has 0 aliphatic carbocycles. The molecule has 0 aliphatic heterocycles. The first kappa shape index (κ1) is 24.5. The van der Waals surface area contributed by atoms with E-state index in [2.05, 4.69) is 25.7 Å². The number of nitro benzene ring substituents is 1. The SMILES string of the molecule is Cc1ccc(-n2c(SCC(=O)N/N=C/C=C/c3ccccc3[N+](=O)[O-])nnc2-c2ccncc2)cc1. The molecule has 2 heterocycles. The lowest BCUT2D eigenvalue weighted by Crippen LogP contribution is -2.19. The molecule has 0 saturated heterocycles. The van der Waals surface area contributed by atoms with Crippen molar-refractivity contribution in [2.24, 2.45) is 5.10 Å². The van der Waals surface area contributed by atoms with E-state index in [1.807, 2.05) is 47.9 Å². The second-order valence-corrected chi connectivity index (χ2v) is 8.43. The predicted molar refractivity (Wildman–Crippen MR) is 139 cm³/mol. The van der Waals surface area contributed by atoms with Crippen LogP contribution in [0, 0.1) is 17.0 Å². The second kappa shape index (κ2) is 11.7. The summed E-state index contributed by atoms with van der Waals surface area (Å²) in [5.41, 5.74) is 5.72. The molecule has 180 valence electrons. The van der Waals surface area contributed by atoms with Crippen LogP contribution in [0.2, 0.25) is 0 Å². The summed E-state index contributed by atoms with van der Waals surface area (Å²) >= 11 is 1.23. The molecule has 0 atom stereocenters. The fourth-order valence-electron chi connectivity index (χ4n) is 3.23. The van der Waals surface area contributed by atoms with Gasteiger partial charge in [0.25, 0.3) is 11.6 Å². The number of pyridine rings is 1. The number of hydrazone groups is 1. The Kier molecular flexibility index (Phi) is 7.94. The Morgan fingerprint density at radius 1 is 1.11 bits per heavy atom. The molecular weight excluding hydrogens is 478 g/mol. The van der Waals surface area contributed by atoms with Gasteiger partial charge in [-0.15, -0.1) is 10.2 Å². The third-order valence-corrected chi connectivity index (χ3v) is 5.88. The van der Waals surface area contributed by atoms with Crippen molar-refractivity contribution in [1.29, 1.82) is 0 Å². The number of allylic oxidation sites excluding steroid dienone is 1. The number of hydrogen-bond donors (Lipinski definition) is 1. The first-order chi connectivity index (χ1) is 17.5. The van der Waals surface area contributed by atoms with Gasteiger partial charge in [0, 0.05) is 35.9 Å². The van der Waals surface area contributed by atoms with Crippen LogP contribution in [0.4, 0.5) is 5.69 Å². The Labute approximate surface area is 211 Å². The van der Waals surface area contributed by atoms with Gasteiger partial charge in [-0.05, 0) is 49.4 Å². The summed E-state index contributed by atoms with van der Waals surface area (Å²) in [6, 6.07) is 18.0. The third-order valence-electron chi connectivity index (χ3n) is 4.96. The van der Waals surface area contributed by atoms with E-state index in [1.54, 1.807) is 36.7 Å². The average molecular weight is 500 g/mol. The third kappa shape index (κ3) is 6.07. The molecule has 10 nitrogen and oxygen atoms in total. The summed E-state index contributed by atoms with van der Waals surface area (Å²) < 4.78 is 1.89. The molecule has 36 heavy (non-hydrogen) atoms. The number of nitrogens with zero attached hydrogens (tertiary/aromatic N) is 6. The Morgan fingerprint density at radius 3 is 2.61 bits per heavy atom. The van der Waals surface area contributed by atoms with E-state index in [1.165, 1.54) is 30.1 Å². The van der Waals surface area contributed by atoms with Crippen LogP contribution in [-0.4, -0.2) is 42.5 Å². The van der Waals surface area contributed by atoms with Crippen LogP contribution >= 0.6 is 11.8 Å². The van der Waals surface area contributed by atoms with Gasteiger partial charge < -0.3 is 0 Å². The van der Waals surface area contributed by atoms with E-state index in [-0.39, 0.29) is 17.3 Å². The summed E-state index contributed by atoms with van der Waals surface area (Å²) in [6.07, 6.45) is 7.80. The Hall–Kier alpha value is -4.64. The first-order valence-electron chi connectivity index (χ1n) is 10.8. The number of aromatic nitrogens is 4. The van der Waals surface area contributed by atoms with E-state index in [4.69, 9.17) is 0 Å². The van der Waals surface area contributed by atoms with Crippen LogP contribution in [0.25, 0.3) is 23.2 Å². The molecule has 11 heteroatoms. The van der Waals surface area contributed by atoms with Gasteiger partial charge in [0.1, 0.15) is 0 Å². The van der Waals surface area contributed by atoms with Crippen molar-refractivity contribution in [2.75, 3.05) is 5.75 Å². The standard InChI is InChI=1S/C25H21N7O3S/c1-18-8-10-21(11-9-18)31-24(20-12-15-26-16-13-20)29-30-25(31)36-17-23(33)28-27-14-4-6-19-5-2-3-7-22(19)32(34)35/h2-16H,17H2,1H3,(H,28,33)/b6-4+,27-14+. The summed E-state index contributed by atoms with van der Waals surface area (Å²) in [5, 5.41) is 24.1. The number of benzene rings is 2. The Bertz CT molecular complexity index is 1420. The Balaban J connectivity index is 1.42. The highest BCUT2D eigenvalue weighted by atomic mass is 32.2. The van der Waals surface area contributed by atoms with Crippen molar-refractivity contribution in [3.63, 3.8) is 0 Å². The lowest BCUT2D eigenvalue weighted by molar-refractivity contribution is -0.385. The van der Waals surface area contributed by atoms with E-state index in [0.717, 1.165) is 16.8 Å². The van der Waals surface area contributed by atoms with Gasteiger partial charge in [0.15, 0.2) is 11.0 Å². The zero-order valence-corrected chi connectivity index (χ0v) is 20.0. The number of carbonyl (C=O) groups is 1. The minimum absolute atomic E-state index is 0.00795. The molecule has 0 fully saturated rings. The second-order valence-electron chi connectivity index (χ2n) is 7.49. The molecule has 1 N–H and O–H groups in total. The van der Waals surface area contributed by atoms with E-state index in [9.17, 15) is 14.9 Å². The normalized spacial score (nSPS) is 11.2. The minimum Gasteiger partial charge on any atom is -0.272 e. The summed E-state index contributed by atoms with van der Waals surface area (Å²) in [7, 11) is 0. The van der Waals surface area contributed by atoms with Gasteiger partial charge in [-0.2, -0.15) is 5.10 Å². The lowest BCUT2D eigenvalue weighted by Gasteiger charge is -2.10. The van der Waals surface area contributed by atoms with E-state index >= 15 is 0 Å². The van der Waals surface area contributed by atoms with Gasteiger partial charge in [-0.25, -0.2) is 5.43 Å². The van der Waals surface area contributed by atoms with Crippen molar-refractivity contribution in [3.05, 3.63) is 100 Å². The lowest BCUT2D eigenvalue weighted by atomic mass is 10.2. The molecule has 2 aromatic heterocycles. The summed E-state index contributed by atoms with van der Waals surface area (Å²) in [6.45, 7) is 2.01. The van der Waals surface area contributed by atoms with Crippen LogP contribution in [0.1, 0.15) is 11.1 Å². The number of nitrogens with one attached hydrogen (secondary N) is 1. The van der Waals surface area contributed by atoms with E-state index in [0.29, 0.717) is 16.5 Å². The quantitative estimate of drug-likeness (QED) is 0.156. The highest BCUT2D eigenvalue weighted by molar-refractivity contribution is 7.99. The largest absolute Gasteiger partial charge is 0.276 e. The number of carbonyl (C=O) groups excluding carboxylic acids is 1. The molecule has 0 unspecified atom stereocenters. The molecule has 0 aliphatic rings. The van der Waals surface area contributed by atoms with Crippen LogP contribution < -0.4 is 5.43 Å². The smallest absolute Gasteiger partial charge is 0.272 e. The molecule has 0 radical (unpaired) electrons.